The highest BCUT2D eigenvalue weighted by atomic mass is 16.5. The summed E-state index contributed by atoms with van der Waals surface area (Å²) < 4.78 is 5.14. The second-order valence-electron chi connectivity index (χ2n) is 5.38. The van der Waals surface area contributed by atoms with E-state index in [1.165, 1.54) is 0 Å². The molecule has 5 heteroatoms. The van der Waals surface area contributed by atoms with Gasteiger partial charge in [0.2, 0.25) is 0 Å². The number of carbonyl (C=O) groups is 1. The largest absolute Gasteiger partial charge is 0.497 e. The van der Waals surface area contributed by atoms with Gasteiger partial charge in [-0.25, -0.2) is 4.79 Å². The summed E-state index contributed by atoms with van der Waals surface area (Å²) in [6.07, 6.45) is 0. The van der Waals surface area contributed by atoms with E-state index in [-0.39, 0.29) is 6.03 Å². The van der Waals surface area contributed by atoms with Crippen molar-refractivity contribution in [1.29, 1.82) is 0 Å². The number of para-hydroxylation sites is 1. The van der Waals surface area contributed by atoms with Gasteiger partial charge in [-0.15, -0.1) is 0 Å². The zero-order valence-electron chi connectivity index (χ0n) is 13.8. The number of anilines is 4. The average molecular weight is 333 g/mol. The first-order valence-electron chi connectivity index (χ1n) is 7.87. The van der Waals surface area contributed by atoms with Gasteiger partial charge in [0, 0.05) is 28.8 Å². The number of nitrogens with one attached hydrogen (secondary N) is 3. The lowest BCUT2D eigenvalue weighted by Gasteiger charge is -2.10. The Morgan fingerprint density at radius 3 is 2.04 bits per heavy atom. The lowest BCUT2D eigenvalue weighted by Crippen LogP contribution is -2.19. The standard InChI is InChI=1S/C20H19N3O2/c1-25-19-9-5-8-18(14-19)23-20(24)22-17-12-10-16(11-13-17)21-15-6-3-2-4-7-15/h2-14,21H,1H3,(H2,22,23,24). The highest BCUT2D eigenvalue weighted by Crippen LogP contribution is 2.20. The van der Waals surface area contributed by atoms with Gasteiger partial charge in [-0.1, -0.05) is 24.3 Å². The van der Waals surface area contributed by atoms with Crippen molar-refractivity contribution in [1.82, 2.24) is 0 Å². The van der Waals surface area contributed by atoms with Crippen LogP contribution in [0, 0.1) is 0 Å². The van der Waals surface area contributed by atoms with Crippen molar-refractivity contribution in [2.45, 2.75) is 0 Å². The quantitative estimate of drug-likeness (QED) is 0.610. The molecule has 3 aromatic carbocycles. The van der Waals surface area contributed by atoms with Crippen molar-refractivity contribution >= 4 is 28.8 Å². The molecule has 0 aliphatic carbocycles. The Bertz CT molecular complexity index is 833. The second-order valence-corrected chi connectivity index (χ2v) is 5.38. The van der Waals surface area contributed by atoms with Crippen molar-refractivity contribution in [2.75, 3.05) is 23.1 Å². The van der Waals surface area contributed by atoms with Gasteiger partial charge in [0.05, 0.1) is 7.11 Å². The van der Waals surface area contributed by atoms with E-state index in [2.05, 4.69) is 16.0 Å². The number of benzene rings is 3. The number of hydrogen-bond acceptors (Lipinski definition) is 3. The van der Waals surface area contributed by atoms with Gasteiger partial charge in [-0.2, -0.15) is 0 Å². The highest BCUT2D eigenvalue weighted by Gasteiger charge is 2.04. The first-order chi connectivity index (χ1) is 12.2. The number of carbonyl (C=O) groups excluding carboxylic acids is 1. The van der Waals surface area contributed by atoms with E-state index in [0.29, 0.717) is 17.1 Å². The molecule has 0 aromatic heterocycles. The van der Waals surface area contributed by atoms with Gasteiger partial charge < -0.3 is 20.7 Å². The molecular weight excluding hydrogens is 314 g/mol. The molecule has 2 amide bonds. The zero-order valence-corrected chi connectivity index (χ0v) is 13.8. The SMILES string of the molecule is COc1cccc(NC(=O)Nc2ccc(Nc3ccccc3)cc2)c1. The van der Waals surface area contributed by atoms with Crippen molar-refractivity contribution in [3.63, 3.8) is 0 Å². The van der Waals surface area contributed by atoms with Gasteiger partial charge in [-0.05, 0) is 48.5 Å². The first kappa shape index (κ1) is 16.4. The molecule has 5 nitrogen and oxygen atoms in total. The maximum absolute atomic E-state index is 12.1. The number of hydrogen-bond donors (Lipinski definition) is 3. The number of ether oxygens (including phenoxy) is 1. The normalized spacial score (nSPS) is 9.96. The Kier molecular flexibility index (Phi) is 5.16. The molecule has 0 saturated carbocycles. The van der Waals surface area contributed by atoms with Crippen molar-refractivity contribution in [3.8, 4) is 5.75 Å². The van der Waals surface area contributed by atoms with Gasteiger partial charge in [0.25, 0.3) is 0 Å². The molecule has 0 bridgehead atoms. The van der Waals surface area contributed by atoms with Crippen LogP contribution in [0.25, 0.3) is 0 Å². The minimum atomic E-state index is -0.308. The van der Waals surface area contributed by atoms with Gasteiger partial charge in [0.15, 0.2) is 0 Å². The first-order valence-corrected chi connectivity index (χ1v) is 7.87. The lowest BCUT2D eigenvalue weighted by molar-refractivity contribution is 0.262. The summed E-state index contributed by atoms with van der Waals surface area (Å²) in [5, 5.41) is 8.87. The van der Waals surface area contributed by atoms with E-state index in [4.69, 9.17) is 4.74 Å². The molecule has 0 aliphatic rings. The third kappa shape index (κ3) is 4.75. The molecule has 0 radical (unpaired) electrons. The van der Waals surface area contributed by atoms with Crippen LogP contribution in [0.2, 0.25) is 0 Å². The summed E-state index contributed by atoms with van der Waals surface area (Å²) >= 11 is 0. The number of rotatable bonds is 5. The van der Waals surface area contributed by atoms with Gasteiger partial charge in [0.1, 0.15) is 5.75 Å². The zero-order chi connectivity index (χ0) is 17.5. The number of urea groups is 1. The minimum Gasteiger partial charge on any atom is -0.497 e. The third-order valence-electron chi connectivity index (χ3n) is 3.53. The predicted molar refractivity (Wildman–Crippen MR) is 102 cm³/mol. The topological polar surface area (TPSA) is 62.4 Å². The van der Waals surface area contributed by atoms with E-state index < -0.39 is 0 Å². The van der Waals surface area contributed by atoms with Crippen LogP contribution in [-0.2, 0) is 0 Å². The summed E-state index contributed by atoms with van der Waals surface area (Å²) in [7, 11) is 1.59. The van der Waals surface area contributed by atoms with Crippen LogP contribution in [0.15, 0.2) is 78.9 Å². The molecule has 0 unspecified atom stereocenters. The van der Waals surface area contributed by atoms with E-state index in [1.54, 1.807) is 19.2 Å². The lowest BCUT2D eigenvalue weighted by atomic mass is 10.2. The third-order valence-corrected chi connectivity index (χ3v) is 3.53. The summed E-state index contributed by atoms with van der Waals surface area (Å²) in [5.74, 6) is 0.689. The maximum atomic E-state index is 12.1. The Balaban J connectivity index is 1.58. The van der Waals surface area contributed by atoms with Crippen LogP contribution in [0.1, 0.15) is 0 Å². The average Bonchev–Trinajstić information content (AvgIpc) is 2.64. The summed E-state index contributed by atoms with van der Waals surface area (Å²) in [6.45, 7) is 0. The Labute approximate surface area is 146 Å². The second kappa shape index (κ2) is 7.88. The number of amides is 2. The number of methoxy groups -OCH3 is 1. The highest BCUT2D eigenvalue weighted by molar-refractivity contribution is 5.99. The van der Waals surface area contributed by atoms with E-state index in [9.17, 15) is 4.79 Å². The van der Waals surface area contributed by atoms with Crippen LogP contribution in [-0.4, -0.2) is 13.1 Å². The Morgan fingerprint density at radius 1 is 0.720 bits per heavy atom. The predicted octanol–water partition coefficient (Wildman–Crippen LogP) is 5.08. The monoisotopic (exact) mass is 333 g/mol. The molecule has 3 N–H and O–H groups in total. The maximum Gasteiger partial charge on any atom is 0.323 e. The fourth-order valence-corrected chi connectivity index (χ4v) is 2.32. The molecule has 25 heavy (non-hydrogen) atoms. The van der Waals surface area contributed by atoms with Crippen molar-refractivity contribution in [3.05, 3.63) is 78.9 Å². The van der Waals surface area contributed by atoms with Gasteiger partial charge in [-0.3, -0.25) is 0 Å². The minimum absolute atomic E-state index is 0.308. The van der Waals surface area contributed by atoms with Gasteiger partial charge >= 0.3 is 6.03 Å². The van der Waals surface area contributed by atoms with Crippen LogP contribution in [0.5, 0.6) is 5.75 Å². The molecular formula is C20H19N3O2. The molecule has 3 rings (SSSR count). The van der Waals surface area contributed by atoms with Crippen LogP contribution in [0.3, 0.4) is 0 Å². The summed E-state index contributed by atoms with van der Waals surface area (Å²) in [6, 6.07) is 24.3. The molecule has 0 heterocycles. The fourth-order valence-electron chi connectivity index (χ4n) is 2.32. The summed E-state index contributed by atoms with van der Waals surface area (Å²) in [5.41, 5.74) is 3.34. The van der Waals surface area contributed by atoms with Crippen molar-refractivity contribution < 1.29 is 9.53 Å². The molecule has 0 spiro atoms. The summed E-state index contributed by atoms with van der Waals surface area (Å²) in [4.78, 5) is 12.1. The van der Waals surface area contributed by atoms with Crippen LogP contribution in [0.4, 0.5) is 27.5 Å². The molecule has 126 valence electrons. The fraction of sp³-hybridized carbons (Fsp3) is 0.0500. The molecule has 0 saturated heterocycles. The Morgan fingerprint density at radius 2 is 1.32 bits per heavy atom. The van der Waals surface area contributed by atoms with E-state index >= 15 is 0 Å². The van der Waals surface area contributed by atoms with Crippen LogP contribution >= 0.6 is 0 Å². The van der Waals surface area contributed by atoms with E-state index in [1.807, 2.05) is 66.7 Å². The molecule has 0 aliphatic heterocycles. The van der Waals surface area contributed by atoms with Crippen LogP contribution < -0.4 is 20.7 Å². The smallest absolute Gasteiger partial charge is 0.323 e. The van der Waals surface area contributed by atoms with Crippen molar-refractivity contribution in [2.24, 2.45) is 0 Å². The molecule has 3 aromatic rings. The molecule has 0 fully saturated rings. The van der Waals surface area contributed by atoms with E-state index in [0.717, 1.165) is 11.4 Å². The Hall–Kier alpha value is -3.47. The molecule has 0 atom stereocenters.